The van der Waals surface area contributed by atoms with Gasteiger partial charge in [-0.2, -0.15) is 0 Å². The summed E-state index contributed by atoms with van der Waals surface area (Å²) < 4.78 is 14.5. The largest absolute Gasteiger partial charge is 0.457 e. The van der Waals surface area contributed by atoms with Crippen molar-refractivity contribution in [1.29, 1.82) is 0 Å². The molecule has 0 saturated carbocycles. The molecule has 0 bridgehead atoms. The van der Waals surface area contributed by atoms with E-state index >= 15 is 0 Å². The van der Waals surface area contributed by atoms with E-state index in [2.05, 4.69) is 58.8 Å². The Morgan fingerprint density at radius 3 is 2.21 bits per heavy atom. The molecule has 1 aromatic carbocycles. The number of benzene rings is 1. The first kappa shape index (κ1) is 28.9. The van der Waals surface area contributed by atoms with Gasteiger partial charge in [0, 0.05) is 17.5 Å². The Kier molecular flexibility index (Phi) is 7.73. The molecule has 1 aliphatic heterocycles. The zero-order chi connectivity index (χ0) is 28.9. The minimum absolute atomic E-state index is 0.00702. The number of ether oxygens (including phenoxy) is 2. The predicted octanol–water partition coefficient (Wildman–Crippen LogP) is 8.09. The molecule has 7 nitrogen and oxygen atoms in total. The van der Waals surface area contributed by atoms with Crippen LogP contribution in [0.3, 0.4) is 0 Å². The minimum atomic E-state index is -2.03. The summed E-state index contributed by atoms with van der Waals surface area (Å²) in [6.45, 7) is 22.0. The Balaban J connectivity index is 1.72. The summed E-state index contributed by atoms with van der Waals surface area (Å²) in [5, 5.41) is 0.984. The van der Waals surface area contributed by atoms with Crippen LogP contribution < -0.4 is 4.74 Å². The molecule has 0 spiro atoms. The van der Waals surface area contributed by atoms with Crippen LogP contribution in [0, 0.1) is 6.92 Å². The van der Waals surface area contributed by atoms with Crippen LogP contribution >= 0.6 is 0 Å². The SMILES string of the molecule is Cc1cc2c(Oc3ccc4c(c3)CN(C(=O)OC(C)(C)C)CC4=O)ccnc2n1[Si](C(C)C)(C(C)C)C(C)C. The van der Waals surface area contributed by atoms with Crippen molar-refractivity contribution >= 4 is 31.1 Å². The van der Waals surface area contributed by atoms with Crippen LogP contribution in [0.2, 0.25) is 16.6 Å². The van der Waals surface area contributed by atoms with Crippen LogP contribution in [0.4, 0.5) is 4.79 Å². The topological polar surface area (TPSA) is 73.7 Å². The number of carbonyl (C=O) groups excluding carboxylic acids is 2. The number of carbonyl (C=O) groups is 2. The van der Waals surface area contributed by atoms with Gasteiger partial charge in [-0.25, -0.2) is 9.78 Å². The van der Waals surface area contributed by atoms with Gasteiger partial charge in [-0.15, -0.1) is 0 Å². The fourth-order valence-electron chi connectivity index (χ4n) is 6.69. The third-order valence-electron chi connectivity index (χ3n) is 7.96. The van der Waals surface area contributed by atoms with Crippen molar-refractivity contribution in [3.8, 4) is 11.5 Å². The first-order valence-corrected chi connectivity index (χ1v) is 16.1. The Bertz CT molecular complexity index is 1380. The summed E-state index contributed by atoms with van der Waals surface area (Å²) in [7, 11) is -2.03. The molecule has 0 aliphatic carbocycles. The summed E-state index contributed by atoms with van der Waals surface area (Å²) in [5.41, 5.74) is 4.51. The molecule has 0 unspecified atom stereocenters. The lowest BCUT2D eigenvalue weighted by Gasteiger charge is -2.45. The van der Waals surface area contributed by atoms with Gasteiger partial charge in [0.15, 0.2) is 14.0 Å². The molecular formula is C31H43N3O4Si. The van der Waals surface area contributed by atoms with Crippen LogP contribution in [-0.4, -0.2) is 46.4 Å². The molecule has 2 aromatic heterocycles. The maximum absolute atomic E-state index is 12.8. The highest BCUT2D eigenvalue weighted by atomic mass is 28.3. The number of hydrogen-bond donors (Lipinski definition) is 0. The number of pyridine rings is 1. The first-order chi connectivity index (χ1) is 18.2. The molecule has 4 rings (SSSR count). The van der Waals surface area contributed by atoms with Gasteiger partial charge >= 0.3 is 6.09 Å². The first-order valence-electron chi connectivity index (χ1n) is 14.0. The quantitative estimate of drug-likeness (QED) is 0.291. The summed E-state index contributed by atoms with van der Waals surface area (Å²) in [5.74, 6) is 1.24. The number of nitrogens with zero attached hydrogens (tertiary/aromatic N) is 3. The number of aromatic nitrogens is 2. The predicted molar refractivity (Wildman–Crippen MR) is 158 cm³/mol. The van der Waals surface area contributed by atoms with Crippen LogP contribution in [0.15, 0.2) is 36.5 Å². The standard InChI is InChI=1S/C31H43N3O4Si/c1-19(2)39(20(3)4,21(5)6)34-22(7)15-26-28(13-14-32-29(26)34)37-24-11-12-25-23(16-24)17-33(18-27(25)35)30(36)38-31(8,9)10/h11-16,19-21H,17-18H2,1-10H3. The van der Waals surface area contributed by atoms with Crippen molar-refractivity contribution < 1.29 is 19.1 Å². The molecule has 1 aliphatic rings. The molecule has 0 N–H and O–H groups in total. The van der Waals surface area contributed by atoms with Gasteiger partial charge in [0.05, 0.1) is 18.5 Å². The zero-order valence-corrected chi connectivity index (χ0v) is 26.1. The smallest absolute Gasteiger partial charge is 0.411 e. The van der Waals surface area contributed by atoms with Gasteiger partial charge in [-0.3, -0.25) is 9.69 Å². The number of rotatable bonds is 6. The number of hydrogen-bond acceptors (Lipinski definition) is 5. The molecule has 3 aromatic rings. The van der Waals surface area contributed by atoms with E-state index in [-0.39, 0.29) is 12.3 Å². The molecule has 0 radical (unpaired) electrons. The van der Waals surface area contributed by atoms with Crippen molar-refractivity contribution in [3.63, 3.8) is 0 Å². The minimum Gasteiger partial charge on any atom is -0.457 e. The Morgan fingerprint density at radius 2 is 1.62 bits per heavy atom. The van der Waals surface area contributed by atoms with Gasteiger partial charge in [0.25, 0.3) is 0 Å². The summed E-state index contributed by atoms with van der Waals surface area (Å²) in [6.07, 6.45) is 1.33. The van der Waals surface area contributed by atoms with E-state index < -0.39 is 19.9 Å². The van der Waals surface area contributed by atoms with Crippen molar-refractivity contribution in [2.75, 3.05) is 6.54 Å². The van der Waals surface area contributed by atoms with E-state index in [1.807, 2.05) is 45.2 Å². The maximum Gasteiger partial charge on any atom is 0.411 e. The third kappa shape index (κ3) is 5.23. The number of aryl methyl sites for hydroxylation is 1. The van der Waals surface area contributed by atoms with E-state index in [4.69, 9.17) is 14.5 Å². The summed E-state index contributed by atoms with van der Waals surface area (Å²) >= 11 is 0. The molecule has 0 saturated heterocycles. The Labute approximate surface area is 233 Å². The van der Waals surface area contributed by atoms with Gasteiger partial charge in [0.1, 0.15) is 22.7 Å². The normalized spacial score (nSPS) is 14.5. The summed E-state index contributed by atoms with van der Waals surface area (Å²) in [6, 6.07) is 9.56. The van der Waals surface area contributed by atoms with Crippen LogP contribution in [0.1, 0.15) is 83.9 Å². The van der Waals surface area contributed by atoms with E-state index in [1.54, 1.807) is 6.07 Å². The van der Waals surface area contributed by atoms with E-state index in [9.17, 15) is 9.59 Å². The number of amides is 1. The van der Waals surface area contributed by atoms with E-state index in [0.29, 0.717) is 34.5 Å². The van der Waals surface area contributed by atoms with Gasteiger partial charge in [-0.05, 0) is 80.2 Å². The van der Waals surface area contributed by atoms with Crippen molar-refractivity contribution in [2.24, 2.45) is 0 Å². The van der Waals surface area contributed by atoms with Crippen molar-refractivity contribution in [1.82, 2.24) is 14.1 Å². The number of ketones is 1. The molecule has 210 valence electrons. The monoisotopic (exact) mass is 549 g/mol. The highest BCUT2D eigenvalue weighted by Gasteiger charge is 2.47. The second-order valence-corrected chi connectivity index (χ2v) is 18.4. The fraction of sp³-hybridized carbons (Fsp3) is 0.516. The molecule has 0 fully saturated rings. The molecule has 0 atom stereocenters. The van der Waals surface area contributed by atoms with Gasteiger partial charge in [-0.1, -0.05) is 41.5 Å². The third-order valence-corrected chi connectivity index (χ3v) is 14.8. The average Bonchev–Trinajstić information content (AvgIpc) is 3.14. The highest BCUT2D eigenvalue weighted by molar-refractivity contribution is 6.82. The van der Waals surface area contributed by atoms with Gasteiger partial charge < -0.3 is 13.7 Å². The van der Waals surface area contributed by atoms with Crippen LogP contribution in [-0.2, 0) is 11.3 Å². The highest BCUT2D eigenvalue weighted by Crippen LogP contribution is 2.46. The van der Waals surface area contributed by atoms with Crippen LogP contribution in [0.5, 0.6) is 11.5 Å². The lowest BCUT2D eigenvalue weighted by molar-refractivity contribution is 0.0220. The summed E-state index contributed by atoms with van der Waals surface area (Å²) in [4.78, 5) is 31.8. The van der Waals surface area contributed by atoms with Crippen LogP contribution in [0.25, 0.3) is 11.0 Å². The lowest BCUT2D eigenvalue weighted by Crippen LogP contribution is -2.52. The fourth-order valence-corrected chi connectivity index (χ4v) is 13.5. The number of Topliss-reactive ketones (excluding diaryl/α,β-unsaturated/α-hetero) is 1. The molecule has 39 heavy (non-hydrogen) atoms. The Morgan fingerprint density at radius 1 is 0.974 bits per heavy atom. The second kappa shape index (κ2) is 10.4. The van der Waals surface area contributed by atoms with E-state index in [1.165, 1.54) is 10.6 Å². The molecule has 1 amide bonds. The van der Waals surface area contributed by atoms with Crippen molar-refractivity contribution in [2.45, 2.75) is 98.0 Å². The number of fused-ring (bicyclic) bond motifs is 2. The molecule has 8 heteroatoms. The lowest BCUT2D eigenvalue weighted by atomic mass is 9.98. The molecular weight excluding hydrogens is 506 g/mol. The molecule has 3 heterocycles. The van der Waals surface area contributed by atoms with E-state index in [0.717, 1.165) is 22.3 Å². The van der Waals surface area contributed by atoms with Gasteiger partial charge in [0.2, 0.25) is 0 Å². The zero-order valence-electron chi connectivity index (χ0n) is 25.1. The van der Waals surface area contributed by atoms with Crippen molar-refractivity contribution in [3.05, 3.63) is 53.3 Å². The second-order valence-electron chi connectivity index (χ2n) is 12.7. The Hall–Kier alpha value is -3.13. The maximum atomic E-state index is 12.8. The average molecular weight is 550 g/mol.